The SMILES string of the molecule is Cn1nc(O[C@H](c2cc(OCC(F)(F)F)ccn2)C(F)F)c2cc(-c3c[nH]c(=O)[nH]c3=O)nnc21. The van der Waals surface area contributed by atoms with E-state index in [4.69, 9.17) is 4.74 Å². The second-order valence-electron chi connectivity index (χ2n) is 7.07. The number of nitrogens with zero attached hydrogens (tertiary/aromatic N) is 5. The predicted molar refractivity (Wildman–Crippen MR) is 108 cm³/mol. The van der Waals surface area contributed by atoms with E-state index < -0.39 is 42.3 Å². The first-order valence-electron chi connectivity index (χ1n) is 9.65. The molecule has 0 aliphatic heterocycles. The Kier molecular flexibility index (Phi) is 6.19. The van der Waals surface area contributed by atoms with Gasteiger partial charge in [-0.2, -0.15) is 13.2 Å². The zero-order valence-corrected chi connectivity index (χ0v) is 17.5. The third-order valence-corrected chi connectivity index (χ3v) is 4.56. The number of hydrogen-bond donors (Lipinski definition) is 2. The van der Waals surface area contributed by atoms with Gasteiger partial charge in [0.05, 0.1) is 16.6 Å². The Labute approximate surface area is 190 Å². The first-order chi connectivity index (χ1) is 16.5. The Morgan fingerprint density at radius 1 is 1.17 bits per heavy atom. The van der Waals surface area contributed by atoms with Crippen molar-refractivity contribution in [2.45, 2.75) is 18.7 Å². The van der Waals surface area contributed by atoms with E-state index in [0.717, 1.165) is 24.5 Å². The number of hydrogen-bond acceptors (Lipinski definition) is 8. The molecular weight excluding hydrogens is 485 g/mol. The predicted octanol–water partition coefficient (Wildman–Crippen LogP) is 2.13. The summed E-state index contributed by atoms with van der Waals surface area (Å²) in [5.41, 5.74) is -1.87. The number of alkyl halides is 5. The number of rotatable bonds is 7. The third-order valence-electron chi connectivity index (χ3n) is 4.56. The van der Waals surface area contributed by atoms with Crippen LogP contribution < -0.4 is 20.7 Å². The van der Waals surface area contributed by atoms with Gasteiger partial charge in [0.15, 0.2) is 12.3 Å². The molecular formula is C19H14F5N7O4. The van der Waals surface area contributed by atoms with Crippen LogP contribution in [0.4, 0.5) is 22.0 Å². The quantitative estimate of drug-likeness (QED) is 0.369. The highest BCUT2D eigenvalue weighted by Gasteiger charge is 2.31. The average Bonchev–Trinajstić information content (AvgIpc) is 3.10. The fourth-order valence-corrected chi connectivity index (χ4v) is 3.04. The molecule has 0 radical (unpaired) electrons. The average molecular weight is 499 g/mol. The van der Waals surface area contributed by atoms with Crippen LogP contribution >= 0.6 is 0 Å². The van der Waals surface area contributed by atoms with Crippen molar-refractivity contribution in [3.8, 4) is 22.9 Å². The number of ether oxygens (including phenoxy) is 2. The van der Waals surface area contributed by atoms with Crippen LogP contribution in [0, 0.1) is 0 Å². The van der Waals surface area contributed by atoms with Crippen LogP contribution in [0.3, 0.4) is 0 Å². The number of aryl methyl sites for hydroxylation is 1. The lowest BCUT2D eigenvalue weighted by Gasteiger charge is -2.17. The summed E-state index contributed by atoms with van der Waals surface area (Å²) in [5.74, 6) is -0.661. The molecule has 0 fully saturated rings. The summed E-state index contributed by atoms with van der Waals surface area (Å²) in [5, 5.41) is 11.9. The molecule has 4 heterocycles. The molecule has 4 rings (SSSR count). The maximum absolute atomic E-state index is 13.9. The van der Waals surface area contributed by atoms with E-state index in [-0.39, 0.29) is 33.9 Å². The molecule has 1 atom stereocenters. The lowest BCUT2D eigenvalue weighted by atomic mass is 10.2. The maximum Gasteiger partial charge on any atom is 0.422 e. The number of halogens is 5. The van der Waals surface area contributed by atoms with Gasteiger partial charge in [0, 0.05) is 25.5 Å². The van der Waals surface area contributed by atoms with Crippen LogP contribution in [0.25, 0.3) is 22.3 Å². The van der Waals surface area contributed by atoms with Crippen LogP contribution in [0.15, 0.2) is 40.2 Å². The molecule has 0 spiro atoms. The van der Waals surface area contributed by atoms with Gasteiger partial charge in [0.25, 0.3) is 12.0 Å². The van der Waals surface area contributed by atoms with E-state index in [1.54, 1.807) is 0 Å². The monoisotopic (exact) mass is 499 g/mol. The Morgan fingerprint density at radius 2 is 1.94 bits per heavy atom. The summed E-state index contributed by atoms with van der Waals surface area (Å²) in [4.78, 5) is 31.4. The van der Waals surface area contributed by atoms with Gasteiger partial charge in [0.1, 0.15) is 11.4 Å². The molecule has 35 heavy (non-hydrogen) atoms. The highest BCUT2D eigenvalue weighted by atomic mass is 19.4. The molecule has 0 bridgehead atoms. The number of aromatic nitrogens is 7. The molecule has 0 saturated heterocycles. The van der Waals surface area contributed by atoms with Crippen molar-refractivity contribution in [3.05, 3.63) is 57.1 Å². The van der Waals surface area contributed by atoms with Gasteiger partial charge in [-0.3, -0.25) is 14.8 Å². The first-order valence-corrected chi connectivity index (χ1v) is 9.65. The third kappa shape index (κ3) is 5.25. The minimum Gasteiger partial charge on any atom is -0.484 e. The highest BCUT2D eigenvalue weighted by molar-refractivity contribution is 5.84. The number of aromatic amines is 2. The molecule has 16 heteroatoms. The summed E-state index contributed by atoms with van der Waals surface area (Å²) >= 11 is 0. The van der Waals surface area contributed by atoms with Crippen LogP contribution in [0.1, 0.15) is 11.8 Å². The molecule has 4 aromatic rings. The number of nitrogens with one attached hydrogen (secondary N) is 2. The molecule has 4 aromatic heterocycles. The van der Waals surface area contributed by atoms with Crippen molar-refractivity contribution in [3.63, 3.8) is 0 Å². The fourth-order valence-electron chi connectivity index (χ4n) is 3.04. The summed E-state index contributed by atoms with van der Waals surface area (Å²) in [6.07, 6.45) is -7.71. The molecule has 0 saturated carbocycles. The Bertz CT molecular complexity index is 1480. The van der Waals surface area contributed by atoms with Crippen molar-refractivity contribution in [1.82, 2.24) is 34.9 Å². The fraction of sp³-hybridized carbons (Fsp3) is 0.263. The van der Waals surface area contributed by atoms with Gasteiger partial charge in [0.2, 0.25) is 12.0 Å². The molecule has 11 nitrogen and oxygen atoms in total. The van der Waals surface area contributed by atoms with E-state index in [1.165, 1.54) is 17.8 Å². The minimum absolute atomic E-state index is 0.0119. The molecule has 0 aliphatic rings. The van der Waals surface area contributed by atoms with E-state index in [9.17, 15) is 31.5 Å². The molecule has 0 aromatic carbocycles. The topological polar surface area (TPSA) is 141 Å². The van der Waals surface area contributed by atoms with Gasteiger partial charge < -0.3 is 14.5 Å². The largest absolute Gasteiger partial charge is 0.484 e. The molecule has 0 amide bonds. The Balaban J connectivity index is 1.70. The Morgan fingerprint density at radius 3 is 2.63 bits per heavy atom. The van der Waals surface area contributed by atoms with Crippen molar-refractivity contribution in [2.24, 2.45) is 7.05 Å². The van der Waals surface area contributed by atoms with Crippen LogP contribution in [-0.4, -0.2) is 54.1 Å². The number of fused-ring (bicyclic) bond motifs is 1. The zero-order valence-electron chi connectivity index (χ0n) is 17.5. The number of H-pyrrole nitrogens is 2. The van der Waals surface area contributed by atoms with Gasteiger partial charge in [-0.05, 0) is 12.1 Å². The summed E-state index contributed by atoms with van der Waals surface area (Å²) < 4.78 is 76.2. The molecule has 2 N–H and O–H groups in total. The van der Waals surface area contributed by atoms with Crippen LogP contribution in [-0.2, 0) is 7.05 Å². The van der Waals surface area contributed by atoms with Gasteiger partial charge in [-0.15, -0.1) is 15.3 Å². The van der Waals surface area contributed by atoms with Crippen molar-refractivity contribution < 1.29 is 31.4 Å². The zero-order chi connectivity index (χ0) is 25.3. The standard InChI is InChI=1S/C19H14F5N7O4/c1-31-15-9(5-11(28-29-15)10-6-26-18(33)27-16(10)32)17(30-31)35-13(14(20)21)12-4-8(2-3-25-12)34-7-19(22,23)24/h2-6,13-14H,7H2,1H3,(H2,26,27,32,33)/t13-/m1/s1. The van der Waals surface area contributed by atoms with E-state index in [1.807, 2.05) is 4.98 Å². The summed E-state index contributed by atoms with van der Waals surface area (Å²) in [6.45, 7) is -1.62. The maximum atomic E-state index is 13.9. The lowest BCUT2D eigenvalue weighted by Crippen LogP contribution is -2.22. The summed E-state index contributed by atoms with van der Waals surface area (Å²) in [6, 6.07) is 3.28. The van der Waals surface area contributed by atoms with E-state index >= 15 is 0 Å². The first kappa shape index (κ1) is 23.8. The normalized spacial score (nSPS) is 12.8. The smallest absolute Gasteiger partial charge is 0.422 e. The van der Waals surface area contributed by atoms with Crippen LogP contribution in [0.5, 0.6) is 11.6 Å². The second-order valence-corrected chi connectivity index (χ2v) is 7.07. The van der Waals surface area contributed by atoms with E-state index in [0.29, 0.717) is 0 Å². The van der Waals surface area contributed by atoms with Crippen molar-refractivity contribution in [2.75, 3.05) is 6.61 Å². The van der Waals surface area contributed by atoms with Gasteiger partial charge in [-0.25, -0.2) is 18.3 Å². The lowest BCUT2D eigenvalue weighted by molar-refractivity contribution is -0.153. The second kappa shape index (κ2) is 9.11. The molecule has 184 valence electrons. The van der Waals surface area contributed by atoms with Crippen LogP contribution in [0.2, 0.25) is 0 Å². The molecule has 0 aliphatic carbocycles. The van der Waals surface area contributed by atoms with E-state index in [2.05, 4.69) is 30.0 Å². The minimum atomic E-state index is -4.62. The Hall–Kier alpha value is -4.37. The molecule has 0 unspecified atom stereocenters. The highest BCUT2D eigenvalue weighted by Crippen LogP contribution is 2.32. The van der Waals surface area contributed by atoms with Crippen molar-refractivity contribution >= 4 is 11.0 Å². The van der Waals surface area contributed by atoms with Crippen molar-refractivity contribution in [1.29, 1.82) is 0 Å². The van der Waals surface area contributed by atoms with Gasteiger partial charge in [-0.1, -0.05) is 0 Å². The van der Waals surface area contributed by atoms with Gasteiger partial charge >= 0.3 is 11.9 Å². The summed E-state index contributed by atoms with van der Waals surface area (Å²) in [7, 11) is 1.44. The number of pyridine rings is 1.